The van der Waals surface area contributed by atoms with Crippen LogP contribution in [0.5, 0.6) is 0 Å². The van der Waals surface area contributed by atoms with Crippen molar-refractivity contribution in [2.45, 2.75) is 10.9 Å². The van der Waals surface area contributed by atoms with Gasteiger partial charge in [0.25, 0.3) is 0 Å². The smallest absolute Gasteiger partial charge is 0.242 e. The molecule has 4 nitrogen and oxygen atoms in total. The van der Waals surface area contributed by atoms with E-state index in [1.807, 2.05) is 0 Å². The number of piperidine rings is 1. The molecule has 1 saturated carbocycles. The molecule has 2 unspecified atom stereocenters. The Morgan fingerprint density at radius 3 is 2.58 bits per heavy atom. The molecule has 1 aliphatic carbocycles. The molecule has 1 heterocycles. The summed E-state index contributed by atoms with van der Waals surface area (Å²) in [6.07, 6.45) is 0. The van der Waals surface area contributed by atoms with Crippen molar-refractivity contribution in [2.24, 2.45) is 11.8 Å². The van der Waals surface area contributed by atoms with Gasteiger partial charge in [0.1, 0.15) is 10.7 Å². The van der Waals surface area contributed by atoms with Crippen molar-refractivity contribution in [1.29, 1.82) is 0 Å². The molecule has 1 aliphatic heterocycles. The summed E-state index contributed by atoms with van der Waals surface area (Å²) in [6.45, 7) is 1.66. The average Bonchev–Trinajstić information content (AvgIpc) is 2.77. The van der Waals surface area contributed by atoms with Gasteiger partial charge in [-0.2, -0.15) is 0 Å². The van der Waals surface area contributed by atoms with Gasteiger partial charge < -0.3 is 5.32 Å². The molecule has 0 aromatic heterocycles. The van der Waals surface area contributed by atoms with Crippen molar-refractivity contribution < 1.29 is 12.8 Å². The largest absolute Gasteiger partial charge is 0.316 e. The number of halogens is 3. The molecule has 1 aromatic rings. The molecule has 0 spiro atoms. The molecule has 106 valence electrons. The van der Waals surface area contributed by atoms with Crippen LogP contribution in [0.3, 0.4) is 0 Å². The molecule has 0 bridgehead atoms. The zero-order valence-electron chi connectivity index (χ0n) is 9.77. The van der Waals surface area contributed by atoms with Gasteiger partial charge in [-0.05, 0) is 43.1 Å². The van der Waals surface area contributed by atoms with Crippen LogP contribution in [-0.4, -0.2) is 27.5 Å². The molecule has 0 radical (unpaired) electrons. The third-order valence-corrected chi connectivity index (χ3v) is 5.51. The standard InChI is InChI=1S/C11H12ClFN2O2S.ClH/c12-9-2-1-6(13)3-10(9)18(16,17)15-11-7-4-14-5-8(7)11;/h1-3,7-8,11,14-15H,4-5H2;1H. The highest BCUT2D eigenvalue weighted by Gasteiger charge is 2.54. The quantitative estimate of drug-likeness (QED) is 0.882. The molecule has 2 aliphatic rings. The summed E-state index contributed by atoms with van der Waals surface area (Å²) >= 11 is 5.81. The minimum absolute atomic E-state index is 0. The first-order valence-electron chi connectivity index (χ1n) is 5.67. The van der Waals surface area contributed by atoms with E-state index < -0.39 is 15.8 Å². The predicted octanol–water partition coefficient (Wildman–Crippen LogP) is 1.40. The number of fused-ring (bicyclic) bond motifs is 1. The molecule has 2 N–H and O–H groups in total. The van der Waals surface area contributed by atoms with Gasteiger partial charge in [0.05, 0.1) is 5.02 Å². The normalized spacial score (nSPS) is 28.6. The van der Waals surface area contributed by atoms with Crippen molar-refractivity contribution in [2.75, 3.05) is 13.1 Å². The lowest BCUT2D eigenvalue weighted by Gasteiger charge is -2.10. The third-order valence-electron chi connectivity index (χ3n) is 3.57. The first kappa shape index (κ1) is 15.0. The van der Waals surface area contributed by atoms with E-state index in [-0.39, 0.29) is 28.4 Å². The van der Waals surface area contributed by atoms with Crippen LogP contribution in [0.25, 0.3) is 0 Å². The Labute approximate surface area is 122 Å². The number of hydrogen-bond donors (Lipinski definition) is 2. The molecule has 2 fully saturated rings. The van der Waals surface area contributed by atoms with Gasteiger partial charge in [-0.3, -0.25) is 0 Å². The highest BCUT2D eigenvalue weighted by atomic mass is 35.5. The molecule has 2 atom stereocenters. The zero-order valence-corrected chi connectivity index (χ0v) is 12.2. The molecule has 1 aromatic carbocycles. The predicted molar refractivity (Wildman–Crippen MR) is 72.6 cm³/mol. The molecular weight excluding hydrogens is 314 g/mol. The third kappa shape index (κ3) is 2.73. The maximum absolute atomic E-state index is 13.1. The van der Waals surface area contributed by atoms with Crippen LogP contribution < -0.4 is 10.0 Å². The number of benzene rings is 1. The topological polar surface area (TPSA) is 58.2 Å². The van der Waals surface area contributed by atoms with E-state index in [0.717, 1.165) is 25.2 Å². The highest BCUT2D eigenvalue weighted by Crippen LogP contribution is 2.42. The van der Waals surface area contributed by atoms with Crippen molar-refractivity contribution in [1.82, 2.24) is 10.0 Å². The number of sulfonamides is 1. The van der Waals surface area contributed by atoms with Gasteiger partial charge in [0.15, 0.2) is 0 Å². The van der Waals surface area contributed by atoms with Gasteiger partial charge >= 0.3 is 0 Å². The molecule has 0 amide bonds. The van der Waals surface area contributed by atoms with E-state index in [1.54, 1.807) is 0 Å². The monoisotopic (exact) mass is 326 g/mol. The van der Waals surface area contributed by atoms with Crippen LogP contribution in [0, 0.1) is 17.7 Å². The molecular formula is C11H13Cl2FN2O2S. The maximum atomic E-state index is 13.1. The van der Waals surface area contributed by atoms with Gasteiger partial charge in [0.2, 0.25) is 10.0 Å². The van der Waals surface area contributed by atoms with Gasteiger partial charge in [-0.15, -0.1) is 12.4 Å². The minimum atomic E-state index is -3.74. The van der Waals surface area contributed by atoms with Crippen molar-refractivity contribution >= 4 is 34.0 Å². The summed E-state index contributed by atoms with van der Waals surface area (Å²) in [5.74, 6) is 0.0941. The number of hydrogen-bond acceptors (Lipinski definition) is 3. The van der Waals surface area contributed by atoms with E-state index in [2.05, 4.69) is 10.0 Å². The summed E-state index contributed by atoms with van der Waals surface area (Å²) < 4.78 is 39.9. The fourth-order valence-electron chi connectivity index (χ4n) is 2.52. The summed E-state index contributed by atoms with van der Waals surface area (Å²) in [7, 11) is -3.74. The Morgan fingerprint density at radius 1 is 1.32 bits per heavy atom. The summed E-state index contributed by atoms with van der Waals surface area (Å²) in [6, 6.07) is 3.29. The SMILES string of the molecule is Cl.O=S(=O)(NC1C2CNCC21)c1cc(F)ccc1Cl. The summed E-state index contributed by atoms with van der Waals surface area (Å²) in [4.78, 5) is -0.193. The highest BCUT2D eigenvalue weighted by molar-refractivity contribution is 7.89. The van der Waals surface area contributed by atoms with Crippen molar-refractivity contribution in [3.8, 4) is 0 Å². The lowest BCUT2D eigenvalue weighted by Crippen LogP contribution is -2.32. The van der Waals surface area contributed by atoms with E-state index in [1.165, 1.54) is 6.07 Å². The minimum Gasteiger partial charge on any atom is -0.316 e. The molecule has 19 heavy (non-hydrogen) atoms. The molecule has 1 saturated heterocycles. The van der Waals surface area contributed by atoms with Crippen molar-refractivity contribution in [3.05, 3.63) is 29.0 Å². The Morgan fingerprint density at radius 2 is 1.95 bits per heavy atom. The zero-order chi connectivity index (χ0) is 12.9. The Kier molecular flexibility index (Phi) is 4.09. The van der Waals surface area contributed by atoms with E-state index >= 15 is 0 Å². The van der Waals surface area contributed by atoms with Crippen LogP contribution >= 0.6 is 24.0 Å². The second kappa shape index (κ2) is 5.18. The first-order chi connectivity index (χ1) is 8.49. The first-order valence-corrected chi connectivity index (χ1v) is 7.53. The number of nitrogens with one attached hydrogen (secondary N) is 2. The van der Waals surface area contributed by atoms with Crippen LogP contribution in [-0.2, 0) is 10.0 Å². The van der Waals surface area contributed by atoms with Crippen LogP contribution in [0.4, 0.5) is 4.39 Å². The fourth-order valence-corrected chi connectivity index (χ4v) is 4.37. The number of rotatable bonds is 3. The Bertz CT molecular complexity index is 586. The van der Waals surface area contributed by atoms with E-state index in [4.69, 9.17) is 11.6 Å². The lowest BCUT2D eigenvalue weighted by molar-refractivity contribution is 0.562. The van der Waals surface area contributed by atoms with Crippen LogP contribution in [0.15, 0.2) is 23.1 Å². The summed E-state index contributed by atoms with van der Waals surface area (Å²) in [5, 5.41) is 3.21. The Balaban J connectivity index is 0.00000133. The molecule has 3 rings (SSSR count). The summed E-state index contributed by atoms with van der Waals surface area (Å²) in [5.41, 5.74) is 0. The van der Waals surface area contributed by atoms with Crippen LogP contribution in [0.1, 0.15) is 0 Å². The fraction of sp³-hybridized carbons (Fsp3) is 0.455. The van der Waals surface area contributed by atoms with Gasteiger partial charge in [0, 0.05) is 6.04 Å². The Hall–Kier alpha value is -0.400. The second-order valence-corrected chi connectivity index (χ2v) is 6.80. The maximum Gasteiger partial charge on any atom is 0.242 e. The van der Waals surface area contributed by atoms with E-state index in [9.17, 15) is 12.8 Å². The lowest BCUT2D eigenvalue weighted by atomic mass is 10.3. The van der Waals surface area contributed by atoms with Gasteiger partial charge in [-0.1, -0.05) is 11.6 Å². The molecule has 8 heteroatoms. The van der Waals surface area contributed by atoms with Gasteiger partial charge in [-0.25, -0.2) is 17.5 Å². The van der Waals surface area contributed by atoms with E-state index in [0.29, 0.717) is 11.8 Å². The van der Waals surface area contributed by atoms with Crippen LogP contribution in [0.2, 0.25) is 5.02 Å². The van der Waals surface area contributed by atoms with Crippen molar-refractivity contribution in [3.63, 3.8) is 0 Å². The average molecular weight is 327 g/mol. The second-order valence-electron chi connectivity index (χ2n) is 4.71.